The molecule has 2 rings (SSSR count). The van der Waals surface area contributed by atoms with Gasteiger partial charge in [-0.1, -0.05) is 43.6 Å². The molecule has 140 valence electrons. The average Bonchev–Trinajstić information content (AvgIpc) is 2.66. The Bertz CT molecular complexity index is 664. The van der Waals surface area contributed by atoms with Crippen molar-refractivity contribution in [2.45, 2.75) is 39.7 Å². The van der Waals surface area contributed by atoms with E-state index >= 15 is 0 Å². The highest BCUT2D eigenvalue weighted by molar-refractivity contribution is 6.30. The normalized spacial score (nSPS) is 13.0. The molecule has 0 aliphatic rings. The second-order valence-electron chi connectivity index (χ2n) is 6.49. The minimum absolute atomic E-state index is 0.257. The van der Waals surface area contributed by atoms with Crippen LogP contribution >= 0.6 is 11.6 Å². The van der Waals surface area contributed by atoms with E-state index in [1.165, 1.54) is 0 Å². The van der Waals surface area contributed by atoms with Crippen LogP contribution in [-0.2, 0) is 0 Å². The number of para-hydroxylation sites is 1. The number of aliphatic imine (C=N–C) groups is 1. The highest BCUT2D eigenvalue weighted by Gasteiger charge is 2.08. The maximum Gasteiger partial charge on any atom is 0.132 e. The monoisotopic (exact) mass is 371 g/mol. The maximum absolute atomic E-state index is 6.04. The first kappa shape index (κ1) is 20.5. The predicted molar refractivity (Wildman–Crippen MR) is 115 cm³/mol. The second-order valence-corrected chi connectivity index (χ2v) is 6.93. The lowest BCUT2D eigenvalue weighted by Gasteiger charge is -2.19. The molecule has 26 heavy (non-hydrogen) atoms. The lowest BCUT2D eigenvalue weighted by molar-refractivity contribution is 0.294. The molecule has 1 atom stereocenters. The van der Waals surface area contributed by atoms with Gasteiger partial charge in [-0.05, 0) is 75.8 Å². The molecular formula is C22H30ClN3. The van der Waals surface area contributed by atoms with Crippen LogP contribution in [0.2, 0.25) is 5.02 Å². The van der Waals surface area contributed by atoms with Gasteiger partial charge in [0.15, 0.2) is 0 Å². The number of rotatable bonds is 9. The van der Waals surface area contributed by atoms with E-state index in [0.29, 0.717) is 0 Å². The molecule has 2 aromatic carbocycles. The van der Waals surface area contributed by atoms with Gasteiger partial charge in [-0.3, -0.25) is 4.99 Å². The smallest absolute Gasteiger partial charge is 0.132 e. The third-order valence-corrected chi connectivity index (χ3v) is 4.75. The molecule has 0 spiro atoms. The molecule has 0 aromatic heterocycles. The topological polar surface area (TPSA) is 27.6 Å². The van der Waals surface area contributed by atoms with Crippen molar-refractivity contribution in [3.05, 3.63) is 65.2 Å². The van der Waals surface area contributed by atoms with Gasteiger partial charge in [0.2, 0.25) is 0 Å². The van der Waals surface area contributed by atoms with Crippen molar-refractivity contribution in [2.24, 2.45) is 4.99 Å². The minimum atomic E-state index is 0.257. The number of hydrogen-bond donors (Lipinski definition) is 1. The zero-order chi connectivity index (χ0) is 18.8. The van der Waals surface area contributed by atoms with E-state index in [9.17, 15) is 0 Å². The van der Waals surface area contributed by atoms with Crippen LogP contribution in [0, 0.1) is 0 Å². The maximum atomic E-state index is 6.04. The van der Waals surface area contributed by atoms with Crippen LogP contribution in [0.25, 0.3) is 0 Å². The number of benzene rings is 2. The summed E-state index contributed by atoms with van der Waals surface area (Å²) in [5.74, 6) is 0.892. The Morgan fingerprint density at radius 1 is 1.04 bits per heavy atom. The number of hydrogen-bond acceptors (Lipinski definition) is 2. The number of anilines is 1. The molecule has 0 amide bonds. The van der Waals surface area contributed by atoms with Crippen LogP contribution in [0.5, 0.6) is 0 Å². The van der Waals surface area contributed by atoms with Gasteiger partial charge in [-0.25, -0.2) is 0 Å². The van der Waals surface area contributed by atoms with Crippen molar-refractivity contribution >= 4 is 23.1 Å². The highest BCUT2D eigenvalue weighted by atomic mass is 35.5. The molecule has 0 saturated heterocycles. The third-order valence-electron chi connectivity index (χ3n) is 4.49. The van der Waals surface area contributed by atoms with Gasteiger partial charge in [-0.2, -0.15) is 0 Å². The predicted octanol–water partition coefficient (Wildman–Crippen LogP) is 5.71. The lowest BCUT2D eigenvalue weighted by Crippen LogP contribution is -2.24. The van der Waals surface area contributed by atoms with E-state index in [1.54, 1.807) is 0 Å². The summed E-state index contributed by atoms with van der Waals surface area (Å²) in [7, 11) is 0. The summed E-state index contributed by atoms with van der Waals surface area (Å²) in [6, 6.07) is 18.3. The van der Waals surface area contributed by atoms with Gasteiger partial charge in [-0.15, -0.1) is 0 Å². The molecule has 0 heterocycles. The molecule has 0 bridgehead atoms. The summed E-state index contributed by atoms with van der Waals surface area (Å²) in [5.41, 5.74) is 2.09. The number of halogens is 1. The van der Waals surface area contributed by atoms with Gasteiger partial charge < -0.3 is 10.2 Å². The first-order valence-corrected chi connectivity index (χ1v) is 9.88. The molecule has 0 aliphatic carbocycles. The molecule has 0 fully saturated rings. The van der Waals surface area contributed by atoms with Crippen LogP contribution in [0.3, 0.4) is 0 Å². The molecule has 1 N–H and O–H groups in total. The van der Waals surface area contributed by atoms with Gasteiger partial charge in [0, 0.05) is 22.3 Å². The van der Waals surface area contributed by atoms with Gasteiger partial charge in [0.05, 0.1) is 0 Å². The van der Waals surface area contributed by atoms with E-state index in [-0.39, 0.29) is 6.04 Å². The number of nitrogens with one attached hydrogen (secondary N) is 1. The summed E-state index contributed by atoms with van der Waals surface area (Å²) in [6.45, 7) is 9.97. The van der Waals surface area contributed by atoms with Crippen LogP contribution in [-0.4, -0.2) is 36.4 Å². The number of nitrogens with zero attached hydrogens (tertiary/aromatic N) is 2. The zero-order valence-electron chi connectivity index (χ0n) is 16.1. The van der Waals surface area contributed by atoms with Crippen molar-refractivity contribution in [1.29, 1.82) is 0 Å². The van der Waals surface area contributed by atoms with E-state index in [1.807, 2.05) is 42.5 Å². The van der Waals surface area contributed by atoms with Gasteiger partial charge in [0.1, 0.15) is 5.84 Å². The Morgan fingerprint density at radius 2 is 1.69 bits per heavy atom. The molecule has 0 unspecified atom stereocenters. The number of amidine groups is 1. The zero-order valence-corrected chi connectivity index (χ0v) is 16.8. The Morgan fingerprint density at radius 3 is 2.31 bits per heavy atom. The Kier molecular flexibility index (Phi) is 8.66. The fourth-order valence-electron chi connectivity index (χ4n) is 2.88. The molecule has 0 aliphatic heterocycles. The van der Waals surface area contributed by atoms with Crippen LogP contribution in [0.1, 0.15) is 39.2 Å². The molecule has 0 radical (unpaired) electrons. The van der Waals surface area contributed by atoms with Crippen molar-refractivity contribution in [3.8, 4) is 0 Å². The van der Waals surface area contributed by atoms with Crippen LogP contribution in [0.4, 0.5) is 5.69 Å². The molecule has 0 saturated carbocycles. The van der Waals surface area contributed by atoms with E-state index in [4.69, 9.17) is 16.6 Å². The van der Waals surface area contributed by atoms with Crippen LogP contribution in [0.15, 0.2) is 59.6 Å². The van der Waals surface area contributed by atoms with Crippen molar-refractivity contribution in [1.82, 2.24) is 4.90 Å². The lowest BCUT2D eigenvalue weighted by atomic mass is 10.1. The molecule has 2 aromatic rings. The standard InChI is InChI=1S/C22H30ClN3/c1-4-26(5-2)17-9-10-18(3)24-22(19-13-15-20(23)16-14-19)25-21-11-7-6-8-12-21/h6-8,11-16,18H,4-5,9-10,17H2,1-3H3,(H,24,25)/t18-/m0/s1. The Labute approximate surface area is 163 Å². The SMILES string of the molecule is CCN(CC)CCC[C@H](C)N=C(Nc1ccccc1)c1ccc(Cl)cc1. The van der Waals surface area contributed by atoms with Crippen molar-refractivity contribution < 1.29 is 0 Å². The summed E-state index contributed by atoms with van der Waals surface area (Å²) in [5, 5.41) is 4.20. The average molecular weight is 372 g/mol. The van der Waals surface area contributed by atoms with Crippen molar-refractivity contribution in [2.75, 3.05) is 25.0 Å². The third kappa shape index (κ3) is 6.81. The Balaban J connectivity index is 2.09. The summed E-state index contributed by atoms with van der Waals surface area (Å²) >= 11 is 6.04. The molecule has 4 heteroatoms. The van der Waals surface area contributed by atoms with Crippen LogP contribution < -0.4 is 5.32 Å². The fourth-order valence-corrected chi connectivity index (χ4v) is 3.01. The van der Waals surface area contributed by atoms with Gasteiger partial charge in [0.25, 0.3) is 0 Å². The first-order valence-electron chi connectivity index (χ1n) is 9.50. The Hall–Kier alpha value is -1.84. The fraction of sp³-hybridized carbons (Fsp3) is 0.409. The molecule has 3 nitrogen and oxygen atoms in total. The summed E-state index contributed by atoms with van der Waals surface area (Å²) in [6.07, 6.45) is 2.23. The first-order chi connectivity index (χ1) is 12.6. The molecular weight excluding hydrogens is 342 g/mol. The van der Waals surface area contributed by atoms with E-state index < -0.39 is 0 Å². The summed E-state index contributed by atoms with van der Waals surface area (Å²) < 4.78 is 0. The quantitative estimate of drug-likeness (QED) is 0.451. The summed E-state index contributed by atoms with van der Waals surface area (Å²) in [4.78, 5) is 7.42. The van der Waals surface area contributed by atoms with Gasteiger partial charge >= 0.3 is 0 Å². The minimum Gasteiger partial charge on any atom is -0.340 e. The highest BCUT2D eigenvalue weighted by Crippen LogP contribution is 2.15. The second kappa shape index (κ2) is 11.0. The largest absolute Gasteiger partial charge is 0.340 e. The van der Waals surface area contributed by atoms with Crippen molar-refractivity contribution in [3.63, 3.8) is 0 Å². The van der Waals surface area contributed by atoms with E-state index in [0.717, 1.165) is 54.6 Å². The van der Waals surface area contributed by atoms with E-state index in [2.05, 4.69) is 43.1 Å².